The lowest BCUT2D eigenvalue weighted by Gasteiger charge is -2.60. The fourth-order valence-corrected chi connectivity index (χ4v) is 71.2. The SMILES string of the molecule is C=COC[Si](C)(C)O[Si]12O[Si]3(O[Si](C)(C)C)O[Si]4(O[Si](C)(C)C)O[Si]5(O[Si](C)(C)C)O[Si](O[Si](C)(C)C)(O3)O[Si](O[Si](C)(C)C)(O[Si](O[Si](C)(C)C)(O5)O[Si](O[Si](C)(C)C)(O4)O1)O2. The van der Waals surface area contributed by atoms with Gasteiger partial charge in [-0.15, -0.1) is 0 Å². The summed E-state index contributed by atoms with van der Waals surface area (Å²) in [4.78, 5) is 0. The first-order valence-corrected chi connectivity index (χ1v) is 61.0. The lowest BCUT2D eigenvalue weighted by molar-refractivity contribution is -0.129. The van der Waals surface area contributed by atoms with Crippen molar-refractivity contribution in [3.05, 3.63) is 12.8 Å². The highest BCUT2D eigenvalue weighted by atomic mass is 28.7. The van der Waals surface area contributed by atoms with Crippen LogP contribution in [-0.4, -0.2) is 145 Å². The quantitative estimate of drug-likeness (QED) is 0.0988. The van der Waals surface area contributed by atoms with Gasteiger partial charge < -0.3 is 87.0 Å². The summed E-state index contributed by atoms with van der Waals surface area (Å²) in [6.45, 7) is 48.3. The molecular weight excluding hydrogens is 1100 g/mol. The Hall–Kier alpha value is 2.21. The van der Waals surface area contributed by atoms with Gasteiger partial charge in [-0.1, -0.05) is 6.58 Å². The Labute approximate surface area is 393 Å². The minimum Gasteiger partial charge on any atom is -0.502 e. The molecule has 0 atom stereocenters. The van der Waals surface area contributed by atoms with Crippen LogP contribution in [0.15, 0.2) is 12.8 Å². The number of rotatable bonds is 19. The molecule has 0 aliphatic carbocycles. The predicted octanol–water partition coefficient (Wildman–Crippen LogP) is 6.62. The Bertz CT molecular complexity index is 1510. The maximum Gasteiger partial charge on any atom is 0.651 e. The van der Waals surface area contributed by atoms with Gasteiger partial charge in [0.05, 0.1) is 6.26 Å². The smallest absolute Gasteiger partial charge is 0.502 e. The maximum atomic E-state index is 7.41. The second-order valence-electron chi connectivity index (χ2n) is 23.1. The normalized spacial score (nSPS) is 38.1. The summed E-state index contributed by atoms with van der Waals surface area (Å²) in [5.41, 5.74) is 0. The molecule has 6 aliphatic heterocycles. The van der Waals surface area contributed by atoms with Gasteiger partial charge in [0.15, 0.2) is 58.2 Å². The first-order valence-electron chi connectivity index (χ1n) is 21.0. The number of ether oxygens (including phenoxy) is 1. The second kappa shape index (κ2) is 17.5. The van der Waals surface area contributed by atoms with E-state index in [0.717, 1.165) is 0 Å². The molecule has 37 heteroatoms. The first kappa shape index (κ1) is 56.1. The van der Waals surface area contributed by atoms with Gasteiger partial charge in [-0.2, -0.15) is 0 Å². The highest BCUT2D eigenvalue weighted by Crippen LogP contribution is 2.53. The highest BCUT2D eigenvalue weighted by molar-refractivity contribution is 7.04. The Morgan fingerprint density at radius 2 is 0.429 bits per heavy atom. The van der Waals surface area contributed by atoms with Crippen molar-refractivity contribution in [1.29, 1.82) is 0 Å². The minimum absolute atomic E-state index is 0.0759. The van der Waals surface area contributed by atoms with E-state index < -0.39 is 139 Å². The molecule has 63 heavy (non-hydrogen) atoms. The molecule has 6 saturated heterocycles. The fourth-order valence-electron chi connectivity index (χ4n) is 6.09. The third-order valence-corrected chi connectivity index (χ3v) is 59.2. The van der Waals surface area contributed by atoms with Crippen LogP contribution in [0.5, 0.6) is 0 Å². The van der Waals surface area contributed by atoms with Crippen molar-refractivity contribution in [2.45, 2.75) is 151 Å². The zero-order chi connectivity index (χ0) is 48.3. The zero-order valence-corrected chi connectivity index (χ0v) is 57.6. The molecule has 6 heterocycles. The highest BCUT2D eigenvalue weighted by Gasteiger charge is 2.92. The molecule has 6 rings (SSSR count). The van der Waals surface area contributed by atoms with Gasteiger partial charge in [-0.3, -0.25) is 0 Å². The first-order chi connectivity index (χ1) is 27.7. The summed E-state index contributed by atoms with van der Waals surface area (Å²) in [7, 11) is -64.0. The Kier molecular flexibility index (Phi) is 15.6. The Morgan fingerprint density at radius 3 is 0.556 bits per heavy atom. The van der Waals surface area contributed by atoms with Gasteiger partial charge >= 0.3 is 72.4 Å². The van der Waals surface area contributed by atoms with Gasteiger partial charge in [0.1, 0.15) is 6.23 Å². The van der Waals surface area contributed by atoms with E-state index in [2.05, 4.69) is 6.58 Å². The van der Waals surface area contributed by atoms with Gasteiger partial charge in [-0.05, 0) is 151 Å². The van der Waals surface area contributed by atoms with Gasteiger partial charge in [-0.25, -0.2) is 0 Å². The number of hydrogen-bond acceptors (Lipinski definition) is 21. The van der Waals surface area contributed by atoms with Crippen molar-refractivity contribution in [3.8, 4) is 0 Å². The minimum atomic E-state index is -5.16. The maximum absolute atomic E-state index is 7.41. The molecule has 0 N–H and O–H groups in total. The van der Waals surface area contributed by atoms with Crippen molar-refractivity contribution in [3.63, 3.8) is 0 Å². The molecular formula is C26H74O21Si16. The molecule has 21 nitrogen and oxygen atoms in total. The molecule has 0 spiro atoms. The number of hydrogen-bond donors (Lipinski definition) is 0. The monoisotopic (exact) mass is 1170 g/mol. The van der Waals surface area contributed by atoms with Crippen LogP contribution in [0.4, 0.5) is 0 Å². The van der Waals surface area contributed by atoms with Crippen molar-refractivity contribution in [2.24, 2.45) is 0 Å². The summed E-state index contributed by atoms with van der Waals surface area (Å²) in [6.07, 6.45) is 1.41. The molecule has 0 radical (unpaired) electrons. The van der Waals surface area contributed by atoms with Crippen molar-refractivity contribution >= 4 is 139 Å². The standard InChI is InChI=1S/C26H74O21Si16/c1-25-27-26-55(23,24)35-63-45-60(32-52(14,15)16)39-57(29-49(5,6)7)36-56(28-48(2,3)4)37-58(41-60,30-50(8,9)10)43-62(47-63,34-54(20,21)22)44-59(38-56,31-51(11,12)13)42-61(40-57,46-63)33-53(17,18)19/h25H,1,26H2,2-24H3. The van der Waals surface area contributed by atoms with Crippen LogP contribution in [0, 0.1) is 0 Å². The van der Waals surface area contributed by atoms with Crippen LogP contribution in [0.25, 0.3) is 0 Å². The van der Waals surface area contributed by atoms with Crippen LogP contribution >= 0.6 is 0 Å². The van der Waals surface area contributed by atoms with E-state index in [-0.39, 0.29) is 6.23 Å². The largest absolute Gasteiger partial charge is 0.651 e. The summed E-state index contributed by atoms with van der Waals surface area (Å²) < 4.78 is 151. The van der Waals surface area contributed by atoms with Crippen LogP contribution < -0.4 is 0 Å². The van der Waals surface area contributed by atoms with Crippen LogP contribution in [0.1, 0.15) is 0 Å². The van der Waals surface area contributed by atoms with Crippen molar-refractivity contribution < 1.29 is 87.0 Å². The molecule has 0 aromatic rings. The molecule has 8 bridgehead atoms. The Balaban J connectivity index is 2.08. The van der Waals surface area contributed by atoms with Gasteiger partial charge in [0.2, 0.25) is 8.32 Å². The van der Waals surface area contributed by atoms with E-state index in [9.17, 15) is 0 Å². The molecule has 0 saturated carbocycles. The predicted molar refractivity (Wildman–Crippen MR) is 265 cm³/mol. The Morgan fingerprint density at radius 1 is 0.286 bits per heavy atom. The third-order valence-electron chi connectivity index (χ3n) is 6.97. The van der Waals surface area contributed by atoms with E-state index in [4.69, 9.17) is 87.0 Å². The van der Waals surface area contributed by atoms with E-state index in [1.54, 1.807) is 0 Å². The molecule has 0 amide bonds. The summed E-state index contributed by atoms with van der Waals surface area (Å²) in [5, 5.41) is 0. The van der Waals surface area contributed by atoms with E-state index in [1.165, 1.54) is 6.26 Å². The fraction of sp³-hybridized carbons (Fsp3) is 0.923. The summed E-state index contributed by atoms with van der Waals surface area (Å²) in [6, 6.07) is 0. The average molecular weight is 1170 g/mol. The molecule has 368 valence electrons. The summed E-state index contributed by atoms with van der Waals surface area (Å²) in [5.74, 6) is 0. The zero-order valence-electron chi connectivity index (χ0n) is 41.6. The van der Waals surface area contributed by atoms with Crippen molar-refractivity contribution in [2.75, 3.05) is 6.23 Å². The molecule has 0 aromatic carbocycles. The molecule has 6 aliphatic rings. The lowest BCUT2D eigenvalue weighted by Crippen LogP contribution is -2.93. The van der Waals surface area contributed by atoms with Crippen molar-refractivity contribution in [1.82, 2.24) is 0 Å². The van der Waals surface area contributed by atoms with Crippen LogP contribution in [-0.2, 0) is 87.0 Å². The van der Waals surface area contributed by atoms with E-state index in [0.29, 0.717) is 0 Å². The van der Waals surface area contributed by atoms with Gasteiger partial charge in [0.25, 0.3) is 0 Å². The molecule has 0 aromatic heterocycles. The second-order valence-corrected chi connectivity index (χ2v) is 80.8. The average Bonchev–Trinajstić information content (AvgIpc) is 2.84. The topological polar surface area (TPSA) is 194 Å². The summed E-state index contributed by atoms with van der Waals surface area (Å²) >= 11 is 0. The van der Waals surface area contributed by atoms with Gasteiger partial charge in [0, 0.05) is 0 Å². The third kappa shape index (κ3) is 15.4. The van der Waals surface area contributed by atoms with Crippen LogP contribution in [0.3, 0.4) is 0 Å². The molecule has 0 unspecified atom stereocenters. The molecule has 6 fully saturated rings. The van der Waals surface area contributed by atoms with E-state index >= 15 is 0 Å². The lowest BCUT2D eigenvalue weighted by atomic mass is 11.2. The van der Waals surface area contributed by atoms with E-state index in [1.807, 2.05) is 151 Å². The van der Waals surface area contributed by atoms with Crippen LogP contribution in [0.2, 0.25) is 151 Å².